The van der Waals surface area contributed by atoms with Crippen molar-refractivity contribution < 1.29 is 13.5 Å². The standard InChI is InChI=1S/C11H12F2O/c12-10-4-3-8(6-11(10)13)9-2-1-5-14-7-9/h3-4,6,9H,1-2,5,7H2. The molecule has 1 aliphatic heterocycles. The number of hydrogen-bond donors (Lipinski definition) is 0. The van der Waals surface area contributed by atoms with E-state index in [1.54, 1.807) is 6.07 Å². The van der Waals surface area contributed by atoms with E-state index in [1.165, 1.54) is 12.1 Å². The molecule has 0 saturated carbocycles. The molecule has 0 aromatic heterocycles. The molecule has 14 heavy (non-hydrogen) atoms. The molecule has 0 radical (unpaired) electrons. The van der Waals surface area contributed by atoms with Gasteiger partial charge in [-0.05, 0) is 30.5 Å². The van der Waals surface area contributed by atoms with Gasteiger partial charge in [-0.2, -0.15) is 0 Å². The summed E-state index contributed by atoms with van der Waals surface area (Å²) in [5.41, 5.74) is 0.837. The van der Waals surface area contributed by atoms with Crippen LogP contribution in [0.1, 0.15) is 24.3 Å². The molecule has 1 saturated heterocycles. The number of rotatable bonds is 1. The maximum atomic E-state index is 12.9. The van der Waals surface area contributed by atoms with Gasteiger partial charge in [-0.1, -0.05) is 6.07 Å². The normalized spacial score (nSPS) is 22.3. The van der Waals surface area contributed by atoms with Gasteiger partial charge in [0, 0.05) is 12.5 Å². The summed E-state index contributed by atoms with van der Waals surface area (Å²) in [4.78, 5) is 0. The van der Waals surface area contributed by atoms with Crippen LogP contribution in [0.4, 0.5) is 8.78 Å². The average Bonchev–Trinajstić information content (AvgIpc) is 2.23. The first-order valence-corrected chi connectivity index (χ1v) is 4.80. The number of ether oxygens (including phenoxy) is 1. The van der Waals surface area contributed by atoms with E-state index in [9.17, 15) is 8.78 Å². The third-order valence-electron chi connectivity index (χ3n) is 2.58. The Morgan fingerprint density at radius 3 is 2.71 bits per heavy atom. The average molecular weight is 198 g/mol. The summed E-state index contributed by atoms with van der Waals surface area (Å²) in [5, 5.41) is 0. The molecule has 1 nitrogen and oxygen atoms in total. The zero-order valence-electron chi connectivity index (χ0n) is 7.80. The lowest BCUT2D eigenvalue weighted by Crippen LogP contribution is -2.15. The van der Waals surface area contributed by atoms with Crippen LogP contribution in [0, 0.1) is 11.6 Å². The van der Waals surface area contributed by atoms with Crippen molar-refractivity contribution >= 4 is 0 Å². The maximum Gasteiger partial charge on any atom is 0.159 e. The van der Waals surface area contributed by atoms with E-state index in [2.05, 4.69) is 0 Å². The Kier molecular flexibility index (Phi) is 2.77. The Balaban J connectivity index is 2.18. The smallest absolute Gasteiger partial charge is 0.159 e. The lowest BCUT2D eigenvalue weighted by Gasteiger charge is -2.22. The van der Waals surface area contributed by atoms with Crippen LogP contribution >= 0.6 is 0 Å². The van der Waals surface area contributed by atoms with Crippen LogP contribution in [-0.2, 0) is 4.74 Å². The molecule has 0 bridgehead atoms. The molecule has 1 heterocycles. The molecule has 1 aromatic carbocycles. The Hall–Kier alpha value is -0.960. The van der Waals surface area contributed by atoms with Crippen molar-refractivity contribution in [3.8, 4) is 0 Å². The summed E-state index contributed by atoms with van der Waals surface area (Å²) in [5.74, 6) is -1.34. The summed E-state index contributed by atoms with van der Waals surface area (Å²) < 4.78 is 30.9. The summed E-state index contributed by atoms with van der Waals surface area (Å²) in [7, 11) is 0. The number of benzene rings is 1. The summed E-state index contributed by atoms with van der Waals surface area (Å²) >= 11 is 0. The van der Waals surface area contributed by atoms with Crippen molar-refractivity contribution in [2.75, 3.05) is 13.2 Å². The third kappa shape index (κ3) is 1.93. The fourth-order valence-electron chi connectivity index (χ4n) is 1.77. The molecule has 0 spiro atoms. The fraction of sp³-hybridized carbons (Fsp3) is 0.455. The lowest BCUT2D eigenvalue weighted by atomic mass is 9.93. The monoisotopic (exact) mass is 198 g/mol. The van der Waals surface area contributed by atoms with E-state index in [4.69, 9.17) is 4.74 Å². The molecule has 0 amide bonds. The van der Waals surface area contributed by atoms with E-state index in [0.29, 0.717) is 6.61 Å². The Bertz CT molecular complexity index is 319. The van der Waals surface area contributed by atoms with Crippen LogP contribution < -0.4 is 0 Å². The first-order chi connectivity index (χ1) is 6.77. The van der Waals surface area contributed by atoms with Crippen LogP contribution in [0.3, 0.4) is 0 Å². The first kappa shape index (κ1) is 9.59. The molecule has 3 heteroatoms. The van der Waals surface area contributed by atoms with Gasteiger partial charge in [0.25, 0.3) is 0 Å². The van der Waals surface area contributed by atoms with Crippen molar-refractivity contribution in [2.24, 2.45) is 0 Å². The van der Waals surface area contributed by atoms with Crippen molar-refractivity contribution in [2.45, 2.75) is 18.8 Å². The summed E-state index contributed by atoms with van der Waals surface area (Å²) in [6.45, 7) is 1.39. The third-order valence-corrected chi connectivity index (χ3v) is 2.58. The molecule has 76 valence electrons. The zero-order chi connectivity index (χ0) is 9.97. The van der Waals surface area contributed by atoms with Gasteiger partial charge < -0.3 is 4.74 Å². The minimum absolute atomic E-state index is 0.221. The highest BCUT2D eigenvalue weighted by atomic mass is 19.2. The molecular weight excluding hydrogens is 186 g/mol. The second-order valence-corrected chi connectivity index (χ2v) is 3.59. The van der Waals surface area contributed by atoms with Crippen LogP contribution in [0.15, 0.2) is 18.2 Å². The Morgan fingerprint density at radius 1 is 1.21 bits per heavy atom. The fourth-order valence-corrected chi connectivity index (χ4v) is 1.77. The van der Waals surface area contributed by atoms with Crippen molar-refractivity contribution in [3.63, 3.8) is 0 Å². The second-order valence-electron chi connectivity index (χ2n) is 3.59. The second kappa shape index (κ2) is 4.05. The van der Waals surface area contributed by atoms with Gasteiger partial charge in [-0.25, -0.2) is 8.78 Å². The van der Waals surface area contributed by atoms with Crippen molar-refractivity contribution in [3.05, 3.63) is 35.4 Å². The highest BCUT2D eigenvalue weighted by Crippen LogP contribution is 2.26. The highest BCUT2D eigenvalue weighted by molar-refractivity contribution is 5.22. The van der Waals surface area contributed by atoms with Gasteiger partial charge >= 0.3 is 0 Å². The van der Waals surface area contributed by atoms with Gasteiger partial charge in [-0.3, -0.25) is 0 Å². The maximum absolute atomic E-state index is 12.9. The van der Waals surface area contributed by atoms with Crippen LogP contribution in [0.5, 0.6) is 0 Å². The lowest BCUT2D eigenvalue weighted by molar-refractivity contribution is 0.0803. The van der Waals surface area contributed by atoms with Crippen molar-refractivity contribution in [1.29, 1.82) is 0 Å². The van der Waals surface area contributed by atoms with E-state index >= 15 is 0 Å². The Morgan fingerprint density at radius 2 is 2.07 bits per heavy atom. The van der Waals surface area contributed by atoms with E-state index < -0.39 is 11.6 Å². The molecule has 0 N–H and O–H groups in total. The van der Waals surface area contributed by atoms with Crippen LogP contribution in [0.2, 0.25) is 0 Å². The zero-order valence-corrected chi connectivity index (χ0v) is 7.80. The van der Waals surface area contributed by atoms with Gasteiger partial charge in [0.2, 0.25) is 0 Å². The minimum Gasteiger partial charge on any atom is -0.381 e. The van der Waals surface area contributed by atoms with E-state index in [0.717, 1.165) is 25.0 Å². The van der Waals surface area contributed by atoms with Crippen LogP contribution in [0.25, 0.3) is 0 Å². The van der Waals surface area contributed by atoms with E-state index in [-0.39, 0.29) is 5.92 Å². The molecule has 1 aliphatic rings. The predicted molar refractivity (Wildman–Crippen MR) is 49.2 cm³/mol. The summed E-state index contributed by atoms with van der Waals surface area (Å²) in [6, 6.07) is 4.09. The van der Waals surface area contributed by atoms with Gasteiger partial charge in [0.1, 0.15) is 0 Å². The van der Waals surface area contributed by atoms with E-state index in [1.807, 2.05) is 0 Å². The molecular formula is C11H12F2O. The largest absolute Gasteiger partial charge is 0.381 e. The molecule has 1 atom stereocenters. The van der Waals surface area contributed by atoms with Crippen molar-refractivity contribution in [1.82, 2.24) is 0 Å². The van der Waals surface area contributed by atoms with Gasteiger partial charge in [0.15, 0.2) is 11.6 Å². The quantitative estimate of drug-likeness (QED) is 0.674. The SMILES string of the molecule is Fc1ccc(C2CCCOC2)cc1F. The molecule has 1 fully saturated rings. The number of halogens is 2. The van der Waals surface area contributed by atoms with Gasteiger partial charge in [0.05, 0.1) is 6.61 Å². The minimum atomic E-state index is -0.787. The molecule has 1 aromatic rings. The molecule has 2 rings (SSSR count). The Labute approximate surface area is 81.7 Å². The molecule has 0 aliphatic carbocycles. The van der Waals surface area contributed by atoms with Crippen LogP contribution in [-0.4, -0.2) is 13.2 Å². The molecule has 1 unspecified atom stereocenters. The predicted octanol–water partition coefficient (Wildman–Crippen LogP) is 2.86. The first-order valence-electron chi connectivity index (χ1n) is 4.80. The van der Waals surface area contributed by atoms with Gasteiger partial charge in [-0.15, -0.1) is 0 Å². The topological polar surface area (TPSA) is 9.23 Å². The highest BCUT2D eigenvalue weighted by Gasteiger charge is 2.17. The summed E-state index contributed by atoms with van der Waals surface area (Å²) in [6.07, 6.45) is 1.98. The number of hydrogen-bond acceptors (Lipinski definition) is 1.